The Bertz CT molecular complexity index is 1140. The number of halogens is 1. The summed E-state index contributed by atoms with van der Waals surface area (Å²) in [6.45, 7) is 1.93. The highest BCUT2D eigenvalue weighted by Crippen LogP contribution is 2.34. The molecule has 30 heavy (non-hydrogen) atoms. The Morgan fingerprint density at radius 1 is 1.17 bits per heavy atom. The number of pyridine rings is 1. The number of piperidine rings is 1. The second-order valence-electron chi connectivity index (χ2n) is 7.20. The van der Waals surface area contributed by atoms with E-state index >= 15 is 0 Å². The van der Waals surface area contributed by atoms with E-state index in [-0.39, 0.29) is 11.3 Å². The van der Waals surface area contributed by atoms with Gasteiger partial charge in [-0.1, -0.05) is 0 Å². The zero-order chi connectivity index (χ0) is 21.3. The third-order valence-electron chi connectivity index (χ3n) is 5.30. The normalized spacial score (nSPS) is 14.0. The maximum Gasteiger partial charge on any atom is 0.295 e. The number of aromatic nitrogens is 1. The molecule has 2 heterocycles. The minimum Gasteiger partial charge on any atom is -0.393 e. The molecule has 0 aliphatic carbocycles. The van der Waals surface area contributed by atoms with E-state index < -0.39 is 22.3 Å². The van der Waals surface area contributed by atoms with Crippen molar-refractivity contribution in [2.45, 2.75) is 19.3 Å². The number of nitrogens with zero attached hydrogens (tertiary/aromatic N) is 3. The Labute approximate surface area is 171 Å². The van der Waals surface area contributed by atoms with E-state index in [1.807, 2.05) is 12.1 Å². The smallest absolute Gasteiger partial charge is 0.295 e. The number of rotatable bonds is 4. The number of amides is 1. The number of anilines is 3. The van der Waals surface area contributed by atoms with Crippen molar-refractivity contribution in [2.24, 2.45) is 0 Å². The van der Waals surface area contributed by atoms with Gasteiger partial charge in [-0.05, 0) is 43.5 Å². The number of hydrogen-bond donors (Lipinski definition) is 2. The lowest BCUT2D eigenvalue weighted by atomic mass is 10.0. The Hall–Kier alpha value is -3.75. The number of nitrogens with one attached hydrogen (secondary N) is 1. The molecule has 1 aliphatic heterocycles. The van der Waals surface area contributed by atoms with E-state index in [0.717, 1.165) is 48.5 Å². The van der Waals surface area contributed by atoms with Gasteiger partial charge in [-0.3, -0.25) is 19.9 Å². The van der Waals surface area contributed by atoms with Crippen molar-refractivity contribution in [2.75, 3.05) is 29.0 Å². The van der Waals surface area contributed by atoms with Crippen molar-refractivity contribution < 1.29 is 14.1 Å². The molecular weight excluding hydrogens is 389 g/mol. The molecule has 0 bridgehead atoms. The number of nitro benzene ring substituents is 1. The van der Waals surface area contributed by atoms with Gasteiger partial charge in [-0.15, -0.1) is 0 Å². The van der Waals surface area contributed by atoms with Crippen molar-refractivity contribution >= 4 is 39.4 Å². The van der Waals surface area contributed by atoms with Crippen LogP contribution in [0.1, 0.15) is 29.6 Å². The van der Waals surface area contributed by atoms with E-state index in [1.54, 1.807) is 18.5 Å². The van der Waals surface area contributed by atoms with Crippen LogP contribution < -0.4 is 16.0 Å². The molecule has 3 N–H and O–H groups in total. The molecule has 1 aliphatic rings. The first kappa shape index (κ1) is 19.6. The highest BCUT2D eigenvalue weighted by Gasteiger charge is 2.23. The second kappa shape index (κ2) is 7.94. The van der Waals surface area contributed by atoms with Crippen molar-refractivity contribution in [1.82, 2.24) is 4.98 Å². The Balaban J connectivity index is 1.72. The van der Waals surface area contributed by atoms with Crippen LogP contribution in [0, 0.1) is 15.9 Å². The summed E-state index contributed by atoms with van der Waals surface area (Å²) >= 11 is 0. The van der Waals surface area contributed by atoms with Crippen LogP contribution in [0.15, 0.2) is 42.7 Å². The predicted octanol–water partition coefficient (Wildman–Crippen LogP) is 4.11. The molecule has 1 aromatic heterocycles. The lowest BCUT2D eigenvalue weighted by Gasteiger charge is -2.30. The highest BCUT2D eigenvalue weighted by molar-refractivity contribution is 6.13. The topological polar surface area (TPSA) is 114 Å². The van der Waals surface area contributed by atoms with Gasteiger partial charge in [0.1, 0.15) is 11.5 Å². The molecule has 1 fully saturated rings. The van der Waals surface area contributed by atoms with Crippen LogP contribution in [0.4, 0.5) is 27.1 Å². The summed E-state index contributed by atoms with van der Waals surface area (Å²) in [6.07, 6.45) is 6.81. The summed E-state index contributed by atoms with van der Waals surface area (Å²) in [5.41, 5.74) is 5.96. The molecule has 9 heteroatoms. The Morgan fingerprint density at radius 3 is 2.67 bits per heavy atom. The predicted molar refractivity (Wildman–Crippen MR) is 113 cm³/mol. The molecule has 1 saturated heterocycles. The SMILES string of the molecule is Nc1c(C(=O)Nc2ccc(N3CCCCC3)c3ccncc23)cc(F)cc1[N+](=O)[O-]. The van der Waals surface area contributed by atoms with Crippen LogP contribution in [-0.4, -0.2) is 28.9 Å². The third-order valence-corrected chi connectivity index (χ3v) is 5.30. The van der Waals surface area contributed by atoms with Crippen LogP contribution in [0.2, 0.25) is 0 Å². The van der Waals surface area contributed by atoms with Crippen molar-refractivity contribution in [3.63, 3.8) is 0 Å². The lowest BCUT2D eigenvalue weighted by Crippen LogP contribution is -2.29. The Morgan fingerprint density at radius 2 is 1.93 bits per heavy atom. The number of benzene rings is 2. The fraction of sp³-hybridized carbons (Fsp3) is 0.238. The van der Waals surface area contributed by atoms with Gasteiger partial charge >= 0.3 is 0 Å². The summed E-state index contributed by atoms with van der Waals surface area (Å²) in [5, 5.41) is 15.4. The second-order valence-corrected chi connectivity index (χ2v) is 7.20. The number of hydrogen-bond acceptors (Lipinski definition) is 6. The van der Waals surface area contributed by atoms with Crippen LogP contribution in [0.25, 0.3) is 10.8 Å². The van der Waals surface area contributed by atoms with Gasteiger partial charge in [-0.2, -0.15) is 0 Å². The first-order chi connectivity index (χ1) is 14.5. The molecule has 0 unspecified atom stereocenters. The van der Waals surface area contributed by atoms with Gasteiger partial charge in [0.25, 0.3) is 11.6 Å². The van der Waals surface area contributed by atoms with Gasteiger partial charge in [0.15, 0.2) is 0 Å². The van der Waals surface area contributed by atoms with Gasteiger partial charge < -0.3 is 16.0 Å². The molecule has 4 rings (SSSR count). The molecule has 0 atom stereocenters. The average Bonchev–Trinajstić information content (AvgIpc) is 2.75. The largest absolute Gasteiger partial charge is 0.393 e. The first-order valence-electron chi connectivity index (χ1n) is 9.62. The number of fused-ring (bicyclic) bond motifs is 1. The zero-order valence-corrected chi connectivity index (χ0v) is 16.1. The number of nitrogens with two attached hydrogens (primary N) is 1. The zero-order valence-electron chi connectivity index (χ0n) is 16.1. The fourth-order valence-corrected chi connectivity index (χ4v) is 3.83. The summed E-state index contributed by atoms with van der Waals surface area (Å²) in [4.78, 5) is 29.5. The molecule has 0 saturated carbocycles. The number of carbonyl (C=O) groups is 1. The van der Waals surface area contributed by atoms with Gasteiger partial charge in [0.2, 0.25) is 0 Å². The number of carbonyl (C=O) groups excluding carboxylic acids is 1. The highest BCUT2D eigenvalue weighted by atomic mass is 19.1. The van der Waals surface area contributed by atoms with E-state index in [9.17, 15) is 19.3 Å². The minimum atomic E-state index is -0.909. The Kier molecular flexibility index (Phi) is 5.18. The molecular formula is C21H20FN5O3. The fourth-order valence-electron chi connectivity index (χ4n) is 3.83. The van der Waals surface area contributed by atoms with Crippen LogP contribution in [0.3, 0.4) is 0 Å². The summed E-state index contributed by atoms with van der Waals surface area (Å²) in [5.74, 6) is -1.64. The van der Waals surface area contributed by atoms with E-state index in [4.69, 9.17) is 5.73 Å². The maximum atomic E-state index is 13.8. The lowest BCUT2D eigenvalue weighted by molar-refractivity contribution is -0.384. The molecule has 3 aromatic rings. The molecule has 0 radical (unpaired) electrons. The summed E-state index contributed by atoms with van der Waals surface area (Å²) in [7, 11) is 0. The molecule has 0 spiro atoms. The van der Waals surface area contributed by atoms with E-state index in [1.165, 1.54) is 6.42 Å². The van der Waals surface area contributed by atoms with Gasteiger partial charge in [0.05, 0.1) is 22.2 Å². The molecule has 154 valence electrons. The molecule has 8 nitrogen and oxygen atoms in total. The van der Waals surface area contributed by atoms with Crippen molar-refractivity contribution in [3.8, 4) is 0 Å². The summed E-state index contributed by atoms with van der Waals surface area (Å²) < 4.78 is 13.8. The first-order valence-corrected chi connectivity index (χ1v) is 9.62. The average molecular weight is 409 g/mol. The molecule has 1 amide bonds. The quantitative estimate of drug-likeness (QED) is 0.381. The standard InChI is InChI=1S/C21H20FN5O3/c22-13-10-15(20(23)19(11-13)27(29)30)21(28)25-17-4-5-18(26-8-2-1-3-9-26)14-6-7-24-12-16(14)17/h4-7,10-12H,1-3,8-9,23H2,(H,25,28). The van der Waals surface area contributed by atoms with Crippen molar-refractivity contribution in [3.05, 3.63) is 64.2 Å². The number of nitrogen functional groups attached to an aromatic ring is 1. The van der Waals surface area contributed by atoms with Gasteiger partial charge in [0, 0.05) is 41.9 Å². The summed E-state index contributed by atoms with van der Waals surface area (Å²) in [6, 6.07) is 7.16. The van der Waals surface area contributed by atoms with Crippen LogP contribution in [-0.2, 0) is 0 Å². The van der Waals surface area contributed by atoms with E-state index in [0.29, 0.717) is 11.8 Å². The third kappa shape index (κ3) is 3.61. The number of nitro groups is 1. The van der Waals surface area contributed by atoms with Crippen molar-refractivity contribution in [1.29, 1.82) is 0 Å². The van der Waals surface area contributed by atoms with Crippen LogP contribution >= 0.6 is 0 Å². The van der Waals surface area contributed by atoms with Gasteiger partial charge in [-0.25, -0.2) is 4.39 Å². The van der Waals surface area contributed by atoms with Crippen LogP contribution in [0.5, 0.6) is 0 Å². The monoisotopic (exact) mass is 409 g/mol. The maximum absolute atomic E-state index is 13.8. The minimum absolute atomic E-state index is 0.293. The molecule has 2 aromatic carbocycles. The van der Waals surface area contributed by atoms with E-state index in [2.05, 4.69) is 15.2 Å².